The lowest BCUT2D eigenvalue weighted by Gasteiger charge is -2.52. The third-order valence-electron chi connectivity index (χ3n) is 4.35. The van der Waals surface area contributed by atoms with Crippen LogP contribution in [0.15, 0.2) is 12.1 Å². The molecule has 1 aliphatic rings. The molecule has 2 rings (SSSR count). The topological polar surface area (TPSA) is 45.0 Å². The first-order valence-electron chi connectivity index (χ1n) is 6.98. The lowest BCUT2D eigenvalue weighted by molar-refractivity contribution is -0.0976. The minimum absolute atomic E-state index is 0.00156. The van der Waals surface area contributed by atoms with Crippen molar-refractivity contribution < 1.29 is 9.13 Å². The van der Waals surface area contributed by atoms with Crippen LogP contribution in [0.2, 0.25) is 0 Å². The molecule has 2 unspecified atom stereocenters. The molecule has 0 amide bonds. The van der Waals surface area contributed by atoms with Gasteiger partial charge in [0.05, 0.1) is 17.7 Å². The first-order chi connectivity index (χ1) is 9.40. The summed E-state index contributed by atoms with van der Waals surface area (Å²) in [7, 11) is 0. The molecule has 1 aromatic carbocycles. The highest BCUT2D eigenvalue weighted by Gasteiger charge is 2.49. The first kappa shape index (κ1) is 14.8. The molecule has 0 radical (unpaired) electrons. The molecule has 0 spiro atoms. The minimum atomic E-state index is -0.343. The Hall–Kier alpha value is -1.60. The van der Waals surface area contributed by atoms with Gasteiger partial charge in [-0.05, 0) is 32.4 Å². The van der Waals surface area contributed by atoms with Crippen LogP contribution < -0.4 is 5.32 Å². The summed E-state index contributed by atoms with van der Waals surface area (Å²) in [6, 6.07) is 5.20. The van der Waals surface area contributed by atoms with E-state index in [1.807, 2.05) is 13.0 Å². The number of benzene rings is 1. The zero-order valence-corrected chi connectivity index (χ0v) is 12.5. The minimum Gasteiger partial charge on any atom is -0.381 e. The summed E-state index contributed by atoms with van der Waals surface area (Å²) in [5.41, 5.74) is 1.60. The van der Waals surface area contributed by atoms with Crippen molar-refractivity contribution in [1.82, 2.24) is 0 Å². The van der Waals surface area contributed by atoms with Crippen LogP contribution in [0.3, 0.4) is 0 Å². The summed E-state index contributed by atoms with van der Waals surface area (Å²) in [5, 5.41) is 12.3. The SMILES string of the molecule is CCOC1CC(Nc2cc(C#N)cc(F)c2C)C1(C)C. The maximum atomic E-state index is 13.8. The number of nitrogens with one attached hydrogen (secondary N) is 1. The van der Waals surface area contributed by atoms with Crippen molar-refractivity contribution in [2.24, 2.45) is 5.41 Å². The summed E-state index contributed by atoms with van der Waals surface area (Å²) in [6.07, 6.45) is 1.13. The second-order valence-electron chi connectivity index (χ2n) is 5.94. The van der Waals surface area contributed by atoms with Gasteiger partial charge in [-0.15, -0.1) is 0 Å². The van der Waals surface area contributed by atoms with Crippen molar-refractivity contribution in [3.8, 4) is 6.07 Å². The van der Waals surface area contributed by atoms with E-state index in [2.05, 4.69) is 19.2 Å². The second kappa shape index (κ2) is 5.41. The third kappa shape index (κ3) is 2.51. The van der Waals surface area contributed by atoms with Gasteiger partial charge in [0.15, 0.2) is 0 Å². The molecule has 108 valence electrons. The zero-order valence-electron chi connectivity index (χ0n) is 12.5. The molecule has 4 heteroatoms. The average molecular weight is 276 g/mol. The Kier molecular flexibility index (Phi) is 4.01. The van der Waals surface area contributed by atoms with Crippen LogP contribution in [0.5, 0.6) is 0 Å². The van der Waals surface area contributed by atoms with Gasteiger partial charge in [-0.1, -0.05) is 13.8 Å². The molecular formula is C16H21FN2O. The molecule has 0 heterocycles. The Morgan fingerprint density at radius 1 is 1.50 bits per heavy atom. The van der Waals surface area contributed by atoms with Gasteiger partial charge in [0.25, 0.3) is 0 Å². The predicted molar refractivity (Wildman–Crippen MR) is 77.1 cm³/mol. The maximum Gasteiger partial charge on any atom is 0.129 e. The fourth-order valence-corrected chi connectivity index (χ4v) is 2.70. The van der Waals surface area contributed by atoms with Crippen LogP contribution in [-0.2, 0) is 4.74 Å². The number of hydrogen-bond acceptors (Lipinski definition) is 3. The Balaban J connectivity index is 2.16. The number of rotatable bonds is 4. The molecule has 1 fully saturated rings. The summed E-state index contributed by atoms with van der Waals surface area (Å²) in [4.78, 5) is 0. The van der Waals surface area contributed by atoms with E-state index in [1.165, 1.54) is 6.07 Å². The first-order valence-corrected chi connectivity index (χ1v) is 6.98. The molecule has 1 aliphatic carbocycles. The Labute approximate surface area is 119 Å². The van der Waals surface area contributed by atoms with Gasteiger partial charge in [-0.25, -0.2) is 4.39 Å². The van der Waals surface area contributed by atoms with Crippen LogP contribution in [0.1, 0.15) is 38.3 Å². The van der Waals surface area contributed by atoms with E-state index in [1.54, 1.807) is 13.0 Å². The summed E-state index contributed by atoms with van der Waals surface area (Å²) in [5.74, 6) is -0.343. The number of nitriles is 1. The summed E-state index contributed by atoms with van der Waals surface area (Å²) < 4.78 is 19.5. The quantitative estimate of drug-likeness (QED) is 0.913. The van der Waals surface area contributed by atoms with E-state index >= 15 is 0 Å². The molecule has 1 N–H and O–H groups in total. The van der Waals surface area contributed by atoms with Gasteiger partial charge in [0.1, 0.15) is 5.82 Å². The zero-order chi connectivity index (χ0) is 14.9. The standard InChI is InChI=1S/C16H21FN2O/c1-5-20-15-8-14(16(15,3)4)19-13-7-11(9-18)6-12(17)10(13)2/h6-7,14-15,19H,5,8H2,1-4H3. The molecule has 20 heavy (non-hydrogen) atoms. The molecule has 0 saturated heterocycles. The van der Waals surface area contributed by atoms with E-state index in [4.69, 9.17) is 10.00 Å². The van der Waals surface area contributed by atoms with E-state index < -0.39 is 0 Å². The van der Waals surface area contributed by atoms with Gasteiger partial charge in [0.2, 0.25) is 0 Å². The number of anilines is 1. The molecule has 2 atom stereocenters. The van der Waals surface area contributed by atoms with Gasteiger partial charge in [-0.2, -0.15) is 5.26 Å². The average Bonchev–Trinajstić information content (AvgIpc) is 2.42. The lowest BCUT2D eigenvalue weighted by Crippen LogP contribution is -2.58. The highest BCUT2D eigenvalue weighted by Crippen LogP contribution is 2.44. The van der Waals surface area contributed by atoms with Crippen molar-refractivity contribution >= 4 is 5.69 Å². The van der Waals surface area contributed by atoms with Crippen LogP contribution in [0, 0.1) is 29.5 Å². The van der Waals surface area contributed by atoms with Gasteiger partial charge >= 0.3 is 0 Å². The monoisotopic (exact) mass is 276 g/mol. The molecule has 0 aliphatic heterocycles. The summed E-state index contributed by atoms with van der Waals surface area (Å²) >= 11 is 0. The Morgan fingerprint density at radius 3 is 2.75 bits per heavy atom. The van der Waals surface area contributed by atoms with Crippen LogP contribution in [0.25, 0.3) is 0 Å². The molecule has 0 bridgehead atoms. The second-order valence-corrected chi connectivity index (χ2v) is 5.94. The largest absolute Gasteiger partial charge is 0.381 e. The molecule has 1 saturated carbocycles. The highest BCUT2D eigenvalue weighted by molar-refractivity contribution is 5.57. The summed E-state index contributed by atoms with van der Waals surface area (Å²) in [6.45, 7) is 8.72. The Bertz CT molecular complexity index is 548. The maximum absolute atomic E-state index is 13.8. The third-order valence-corrected chi connectivity index (χ3v) is 4.35. The molecule has 3 nitrogen and oxygen atoms in total. The van der Waals surface area contributed by atoms with Crippen molar-refractivity contribution in [2.45, 2.75) is 46.3 Å². The smallest absolute Gasteiger partial charge is 0.129 e. The number of ether oxygens (including phenoxy) is 1. The van der Waals surface area contributed by atoms with Crippen molar-refractivity contribution in [3.05, 3.63) is 29.1 Å². The number of hydrogen-bond donors (Lipinski definition) is 1. The molecule has 1 aromatic rings. The molecule has 0 aromatic heterocycles. The normalized spacial score (nSPS) is 23.8. The van der Waals surface area contributed by atoms with E-state index in [0.717, 1.165) is 6.42 Å². The lowest BCUT2D eigenvalue weighted by atomic mass is 9.64. The van der Waals surface area contributed by atoms with E-state index in [0.29, 0.717) is 23.4 Å². The Morgan fingerprint density at radius 2 is 2.20 bits per heavy atom. The van der Waals surface area contributed by atoms with E-state index in [-0.39, 0.29) is 23.4 Å². The van der Waals surface area contributed by atoms with Crippen molar-refractivity contribution in [1.29, 1.82) is 5.26 Å². The van der Waals surface area contributed by atoms with Gasteiger partial charge in [-0.3, -0.25) is 0 Å². The van der Waals surface area contributed by atoms with Crippen LogP contribution in [0.4, 0.5) is 10.1 Å². The van der Waals surface area contributed by atoms with E-state index in [9.17, 15) is 4.39 Å². The molecular weight excluding hydrogens is 255 g/mol. The van der Waals surface area contributed by atoms with Gasteiger partial charge < -0.3 is 10.1 Å². The van der Waals surface area contributed by atoms with Crippen LogP contribution in [-0.4, -0.2) is 18.8 Å². The predicted octanol–water partition coefficient (Wildman–Crippen LogP) is 3.62. The fourth-order valence-electron chi connectivity index (χ4n) is 2.70. The highest BCUT2D eigenvalue weighted by atomic mass is 19.1. The van der Waals surface area contributed by atoms with Crippen molar-refractivity contribution in [2.75, 3.05) is 11.9 Å². The fraction of sp³-hybridized carbons (Fsp3) is 0.562. The van der Waals surface area contributed by atoms with Gasteiger partial charge in [0, 0.05) is 29.3 Å². The number of nitrogens with zero attached hydrogens (tertiary/aromatic N) is 1. The van der Waals surface area contributed by atoms with Crippen molar-refractivity contribution in [3.63, 3.8) is 0 Å². The van der Waals surface area contributed by atoms with Crippen LogP contribution >= 0.6 is 0 Å². The number of halogens is 1.